The van der Waals surface area contributed by atoms with Gasteiger partial charge in [0.2, 0.25) is 0 Å². The van der Waals surface area contributed by atoms with Crippen LogP contribution in [0.2, 0.25) is 10.0 Å². The smallest absolute Gasteiger partial charge is 0.126 e. The van der Waals surface area contributed by atoms with Crippen molar-refractivity contribution in [3.05, 3.63) is 56.2 Å². The van der Waals surface area contributed by atoms with Crippen molar-refractivity contribution in [1.29, 1.82) is 0 Å². The lowest BCUT2D eigenvalue weighted by Crippen LogP contribution is -2.12. The van der Waals surface area contributed by atoms with Crippen molar-refractivity contribution in [1.82, 2.24) is 0 Å². The molecule has 0 bridgehead atoms. The molecule has 0 heterocycles. The molecule has 0 unspecified atom stereocenters. The molecule has 2 aromatic carbocycles. The second-order valence-electron chi connectivity index (χ2n) is 3.92. The van der Waals surface area contributed by atoms with E-state index in [0.717, 1.165) is 4.47 Å². The van der Waals surface area contributed by atoms with Crippen LogP contribution < -0.4 is 11.1 Å². The average Bonchev–Trinajstić information content (AvgIpc) is 2.33. The summed E-state index contributed by atoms with van der Waals surface area (Å²) in [6, 6.07) is 7.71. The molecule has 7 heteroatoms. The Kier molecular flexibility index (Phi) is 4.86. The van der Waals surface area contributed by atoms with E-state index in [9.17, 15) is 4.39 Å². The minimum atomic E-state index is -0.505. The summed E-state index contributed by atoms with van der Waals surface area (Å²) in [5.41, 5.74) is 7.33. The van der Waals surface area contributed by atoms with Crippen LogP contribution in [0.4, 0.5) is 15.8 Å². The molecular weight excluding hydrogens is 386 g/mol. The van der Waals surface area contributed by atoms with Gasteiger partial charge in [-0.1, -0.05) is 51.3 Å². The van der Waals surface area contributed by atoms with Crippen molar-refractivity contribution in [3.63, 3.8) is 0 Å². The quantitative estimate of drug-likeness (QED) is 0.697. The van der Waals surface area contributed by atoms with Crippen LogP contribution in [-0.4, -0.2) is 4.99 Å². The Labute approximate surface area is 139 Å². The van der Waals surface area contributed by atoms with Gasteiger partial charge >= 0.3 is 0 Å². The van der Waals surface area contributed by atoms with Gasteiger partial charge in [0.25, 0.3) is 0 Å². The van der Waals surface area contributed by atoms with Crippen LogP contribution in [0.1, 0.15) is 5.56 Å². The lowest BCUT2D eigenvalue weighted by atomic mass is 10.1. The van der Waals surface area contributed by atoms with Gasteiger partial charge in [0, 0.05) is 15.7 Å². The number of anilines is 2. The van der Waals surface area contributed by atoms with E-state index >= 15 is 0 Å². The summed E-state index contributed by atoms with van der Waals surface area (Å²) in [4.78, 5) is 0.231. The highest BCUT2D eigenvalue weighted by Crippen LogP contribution is 2.35. The molecule has 0 aliphatic heterocycles. The fraction of sp³-hybridized carbons (Fsp3) is 0. The SMILES string of the molecule is NC(=S)c1ccc(Br)cc1Nc1c(Cl)cc(F)cc1Cl. The number of nitrogens with two attached hydrogens (primary N) is 1. The highest BCUT2D eigenvalue weighted by atomic mass is 79.9. The van der Waals surface area contributed by atoms with Crippen molar-refractivity contribution >= 4 is 67.7 Å². The molecule has 0 fully saturated rings. The first-order chi connectivity index (χ1) is 9.38. The zero-order valence-corrected chi connectivity index (χ0v) is 13.8. The van der Waals surface area contributed by atoms with Gasteiger partial charge in [-0.2, -0.15) is 0 Å². The van der Waals surface area contributed by atoms with Crippen molar-refractivity contribution in [2.24, 2.45) is 5.73 Å². The minimum absolute atomic E-state index is 0.170. The van der Waals surface area contributed by atoms with Crippen molar-refractivity contribution < 1.29 is 4.39 Å². The van der Waals surface area contributed by atoms with Crippen LogP contribution in [0, 0.1) is 5.82 Å². The van der Waals surface area contributed by atoms with Gasteiger partial charge in [0.15, 0.2) is 0 Å². The number of thiocarbonyl (C=S) groups is 1. The normalized spacial score (nSPS) is 10.4. The maximum atomic E-state index is 13.2. The Bertz CT molecular complexity index is 671. The van der Waals surface area contributed by atoms with E-state index in [0.29, 0.717) is 16.9 Å². The summed E-state index contributed by atoms with van der Waals surface area (Å²) in [5.74, 6) is -0.505. The fourth-order valence-corrected chi connectivity index (χ4v) is 2.73. The van der Waals surface area contributed by atoms with E-state index < -0.39 is 5.82 Å². The van der Waals surface area contributed by atoms with Gasteiger partial charge in [-0.3, -0.25) is 0 Å². The standard InChI is InChI=1S/C13H8BrCl2FN2S/c14-6-1-2-8(13(18)20)11(3-6)19-12-9(15)4-7(17)5-10(12)16/h1-5,19H,(H2,18,20). The first-order valence-corrected chi connectivity index (χ1v) is 7.35. The van der Waals surface area contributed by atoms with Gasteiger partial charge < -0.3 is 11.1 Å². The maximum absolute atomic E-state index is 13.2. The second-order valence-corrected chi connectivity index (χ2v) is 6.09. The van der Waals surface area contributed by atoms with E-state index in [2.05, 4.69) is 21.2 Å². The molecule has 0 saturated carbocycles. The number of hydrogen-bond donors (Lipinski definition) is 2. The first-order valence-electron chi connectivity index (χ1n) is 5.39. The average molecular weight is 394 g/mol. The predicted octanol–water partition coefficient (Wildman–Crippen LogP) is 5.27. The molecule has 0 aliphatic carbocycles. The molecule has 2 rings (SSSR count). The Morgan fingerprint density at radius 1 is 1.20 bits per heavy atom. The van der Waals surface area contributed by atoms with Crippen LogP contribution in [0.5, 0.6) is 0 Å². The molecule has 0 aromatic heterocycles. The molecule has 3 N–H and O–H groups in total. The summed E-state index contributed by atoms with van der Waals surface area (Å²) < 4.78 is 14.0. The molecule has 2 aromatic rings. The van der Waals surface area contributed by atoms with Crippen molar-refractivity contribution in [2.75, 3.05) is 5.32 Å². The molecule has 0 aliphatic rings. The van der Waals surface area contributed by atoms with E-state index in [4.69, 9.17) is 41.2 Å². The van der Waals surface area contributed by atoms with Crippen LogP contribution in [0.3, 0.4) is 0 Å². The summed E-state index contributed by atoms with van der Waals surface area (Å²) in [5, 5.41) is 3.37. The van der Waals surface area contributed by atoms with Crippen LogP contribution in [0.15, 0.2) is 34.8 Å². The third kappa shape index (κ3) is 3.41. The molecule has 0 radical (unpaired) electrons. The number of rotatable bonds is 3. The lowest BCUT2D eigenvalue weighted by Gasteiger charge is -2.14. The molecule has 20 heavy (non-hydrogen) atoms. The molecule has 2 nitrogen and oxygen atoms in total. The zero-order valence-electron chi connectivity index (χ0n) is 9.88. The topological polar surface area (TPSA) is 38.0 Å². The van der Waals surface area contributed by atoms with E-state index in [-0.39, 0.29) is 15.0 Å². The van der Waals surface area contributed by atoms with Crippen molar-refractivity contribution in [3.8, 4) is 0 Å². The lowest BCUT2D eigenvalue weighted by molar-refractivity contribution is 0.628. The van der Waals surface area contributed by atoms with E-state index in [1.54, 1.807) is 12.1 Å². The third-order valence-corrected chi connectivity index (χ3v) is 3.82. The van der Waals surface area contributed by atoms with Gasteiger partial charge in [0.1, 0.15) is 10.8 Å². The Morgan fingerprint density at radius 3 is 2.35 bits per heavy atom. The first kappa shape index (κ1) is 15.5. The van der Waals surface area contributed by atoms with E-state index in [1.807, 2.05) is 6.07 Å². The summed E-state index contributed by atoms with van der Waals surface area (Å²) >= 11 is 20.3. The van der Waals surface area contributed by atoms with Gasteiger partial charge in [0.05, 0.1) is 15.7 Å². The van der Waals surface area contributed by atoms with Gasteiger partial charge in [-0.25, -0.2) is 4.39 Å². The largest absolute Gasteiger partial charge is 0.389 e. The monoisotopic (exact) mass is 392 g/mol. The maximum Gasteiger partial charge on any atom is 0.126 e. The number of halogens is 4. The summed E-state index contributed by atoms with van der Waals surface area (Å²) in [7, 11) is 0. The fourth-order valence-electron chi connectivity index (χ4n) is 1.63. The molecule has 0 amide bonds. The third-order valence-electron chi connectivity index (χ3n) is 2.51. The predicted molar refractivity (Wildman–Crippen MR) is 89.7 cm³/mol. The molecule has 0 spiro atoms. The highest BCUT2D eigenvalue weighted by Gasteiger charge is 2.12. The number of nitrogens with one attached hydrogen (secondary N) is 1. The highest BCUT2D eigenvalue weighted by molar-refractivity contribution is 9.10. The molecule has 0 atom stereocenters. The number of benzene rings is 2. The molecule has 104 valence electrons. The van der Waals surface area contributed by atoms with E-state index in [1.165, 1.54) is 12.1 Å². The zero-order chi connectivity index (χ0) is 14.9. The Balaban J connectivity index is 2.50. The summed E-state index contributed by atoms with van der Waals surface area (Å²) in [6.07, 6.45) is 0. The summed E-state index contributed by atoms with van der Waals surface area (Å²) in [6.45, 7) is 0. The van der Waals surface area contributed by atoms with Crippen LogP contribution in [-0.2, 0) is 0 Å². The van der Waals surface area contributed by atoms with Gasteiger partial charge in [-0.05, 0) is 30.3 Å². The molecular formula is C13H8BrCl2FN2S. The number of hydrogen-bond acceptors (Lipinski definition) is 2. The Hall–Kier alpha value is -0.880. The minimum Gasteiger partial charge on any atom is -0.389 e. The second kappa shape index (κ2) is 6.26. The van der Waals surface area contributed by atoms with Gasteiger partial charge in [-0.15, -0.1) is 0 Å². The Morgan fingerprint density at radius 2 is 1.80 bits per heavy atom. The van der Waals surface area contributed by atoms with Crippen LogP contribution in [0.25, 0.3) is 0 Å². The van der Waals surface area contributed by atoms with Crippen molar-refractivity contribution in [2.45, 2.75) is 0 Å². The van der Waals surface area contributed by atoms with Crippen LogP contribution >= 0.6 is 51.3 Å². The molecule has 0 saturated heterocycles.